The monoisotopic (exact) mass is 443 g/mol. The highest BCUT2D eigenvalue weighted by Crippen LogP contribution is 2.34. The lowest BCUT2D eigenvalue weighted by atomic mass is 10.1. The van der Waals surface area contributed by atoms with Crippen LogP contribution >= 0.6 is 0 Å². The zero-order valence-corrected chi connectivity index (χ0v) is 19.3. The molecule has 10 heteroatoms. The van der Waals surface area contributed by atoms with Gasteiger partial charge in [0.15, 0.2) is 5.82 Å². The zero-order valence-electron chi connectivity index (χ0n) is 18.5. The summed E-state index contributed by atoms with van der Waals surface area (Å²) < 4.78 is 25.7. The molecular formula is C21H29N7O2S. The maximum absolute atomic E-state index is 12.8. The zero-order chi connectivity index (χ0) is 22.4. The lowest BCUT2D eigenvalue weighted by Crippen LogP contribution is -2.44. The third kappa shape index (κ3) is 3.85. The third-order valence-electron chi connectivity index (χ3n) is 6.02. The highest BCUT2D eigenvalue weighted by molar-refractivity contribution is 7.92. The van der Waals surface area contributed by atoms with Crippen LogP contribution in [0.5, 0.6) is 0 Å². The van der Waals surface area contributed by atoms with Gasteiger partial charge in [-0.2, -0.15) is 0 Å². The summed E-state index contributed by atoms with van der Waals surface area (Å²) >= 11 is 0. The molecule has 0 saturated carbocycles. The van der Waals surface area contributed by atoms with Gasteiger partial charge in [-0.25, -0.2) is 14.2 Å². The van der Waals surface area contributed by atoms with Crippen molar-refractivity contribution in [3.63, 3.8) is 0 Å². The van der Waals surface area contributed by atoms with Crippen molar-refractivity contribution >= 4 is 32.3 Å². The molecule has 1 aliphatic heterocycles. The molecule has 0 spiro atoms. The van der Waals surface area contributed by atoms with Crippen LogP contribution < -0.4 is 10.2 Å². The Morgan fingerprint density at radius 2 is 2.10 bits per heavy atom. The Balaban J connectivity index is 1.95. The number of morpholine rings is 1. The molecule has 0 radical (unpaired) electrons. The van der Waals surface area contributed by atoms with Gasteiger partial charge in [0.2, 0.25) is 0 Å². The molecule has 1 fully saturated rings. The predicted molar refractivity (Wildman–Crippen MR) is 124 cm³/mol. The lowest BCUT2D eigenvalue weighted by Gasteiger charge is -2.35. The number of aromatic amines is 1. The number of fused-ring (bicyclic) bond motifs is 1. The number of nitrogens with zero attached hydrogens (tertiary/aromatic N) is 4. The van der Waals surface area contributed by atoms with Crippen LogP contribution in [0.15, 0.2) is 24.5 Å². The number of pyridine rings is 1. The first-order valence-electron chi connectivity index (χ1n) is 10.2. The van der Waals surface area contributed by atoms with Gasteiger partial charge in [-0.15, -0.1) is 0 Å². The number of ether oxygens (including phenoxy) is 1. The van der Waals surface area contributed by atoms with Crippen molar-refractivity contribution in [1.29, 1.82) is 4.78 Å². The van der Waals surface area contributed by atoms with Crippen LogP contribution in [0, 0.1) is 4.78 Å². The minimum atomic E-state index is -2.92. The summed E-state index contributed by atoms with van der Waals surface area (Å²) in [6.45, 7) is 7.63. The number of aromatic nitrogens is 4. The van der Waals surface area contributed by atoms with Gasteiger partial charge >= 0.3 is 0 Å². The summed E-state index contributed by atoms with van der Waals surface area (Å²) in [6.07, 6.45) is 4.97. The van der Waals surface area contributed by atoms with Crippen molar-refractivity contribution in [2.75, 3.05) is 43.3 Å². The van der Waals surface area contributed by atoms with Gasteiger partial charge in [0.05, 0.1) is 51.1 Å². The maximum atomic E-state index is 12.8. The smallest absolute Gasteiger partial charge is 0.164 e. The molecule has 31 heavy (non-hydrogen) atoms. The second kappa shape index (κ2) is 7.76. The van der Waals surface area contributed by atoms with Crippen LogP contribution in [0.1, 0.15) is 26.5 Å². The van der Waals surface area contributed by atoms with E-state index in [2.05, 4.69) is 27.1 Å². The van der Waals surface area contributed by atoms with Crippen molar-refractivity contribution in [3.8, 4) is 11.4 Å². The Morgan fingerprint density at radius 1 is 1.32 bits per heavy atom. The van der Waals surface area contributed by atoms with E-state index in [1.54, 1.807) is 26.2 Å². The fraction of sp³-hybridized carbons (Fsp3) is 0.476. The largest absolute Gasteiger partial charge is 0.377 e. The van der Waals surface area contributed by atoms with Crippen LogP contribution in [-0.2, 0) is 19.2 Å². The minimum absolute atomic E-state index is 0.145. The molecule has 4 heterocycles. The van der Waals surface area contributed by atoms with E-state index >= 15 is 0 Å². The van der Waals surface area contributed by atoms with Gasteiger partial charge in [0.25, 0.3) is 0 Å². The molecule has 0 amide bonds. The summed E-state index contributed by atoms with van der Waals surface area (Å²) in [5.74, 6) is 2.11. The fourth-order valence-electron chi connectivity index (χ4n) is 3.64. The second-order valence-electron chi connectivity index (χ2n) is 8.49. The summed E-state index contributed by atoms with van der Waals surface area (Å²) in [4.78, 5) is 19.5. The Hall–Kier alpha value is -2.72. The number of rotatable bonds is 5. The first-order chi connectivity index (χ1) is 14.6. The van der Waals surface area contributed by atoms with Gasteiger partial charge in [-0.3, -0.25) is 9.76 Å². The minimum Gasteiger partial charge on any atom is -0.377 e. The van der Waals surface area contributed by atoms with E-state index < -0.39 is 14.5 Å². The molecule has 0 bridgehead atoms. The van der Waals surface area contributed by atoms with Gasteiger partial charge in [0.1, 0.15) is 11.6 Å². The molecular weight excluding hydrogens is 414 g/mol. The van der Waals surface area contributed by atoms with Gasteiger partial charge in [-0.05, 0) is 26.8 Å². The van der Waals surface area contributed by atoms with Crippen molar-refractivity contribution in [3.05, 3.63) is 30.2 Å². The topological polar surface area (TPSA) is 120 Å². The molecule has 1 aliphatic rings. The van der Waals surface area contributed by atoms with E-state index in [0.29, 0.717) is 31.3 Å². The quantitative estimate of drug-likeness (QED) is 0.554. The van der Waals surface area contributed by atoms with Crippen molar-refractivity contribution in [2.45, 2.75) is 31.6 Å². The van der Waals surface area contributed by atoms with E-state index in [-0.39, 0.29) is 6.04 Å². The standard InChI is InChI=1S/C21H29N7O2S/c1-13-12-30-7-6-28(13)19-9-17(21(2,3)31(5,22)29)26-20(27-19)15-10-24-11-16-14(15)8-18(23-4)25-16/h8-11,13,22-23,25H,6-7,12H2,1-5H3/t13-,31-/m1/s1. The summed E-state index contributed by atoms with van der Waals surface area (Å²) in [6, 6.07) is 4.01. The second-order valence-corrected chi connectivity index (χ2v) is 11.2. The molecule has 0 aliphatic carbocycles. The Labute approximate surface area is 182 Å². The highest BCUT2D eigenvalue weighted by Gasteiger charge is 2.33. The van der Waals surface area contributed by atoms with E-state index in [0.717, 1.165) is 28.1 Å². The molecule has 3 N–H and O–H groups in total. The van der Waals surface area contributed by atoms with Crippen molar-refractivity contribution < 1.29 is 8.95 Å². The van der Waals surface area contributed by atoms with Crippen LogP contribution in [0.2, 0.25) is 0 Å². The summed E-state index contributed by atoms with van der Waals surface area (Å²) in [7, 11) is -1.07. The number of H-pyrrole nitrogens is 1. The van der Waals surface area contributed by atoms with Crippen molar-refractivity contribution in [1.82, 2.24) is 19.9 Å². The van der Waals surface area contributed by atoms with Crippen LogP contribution in [0.4, 0.5) is 11.6 Å². The number of nitrogens with one attached hydrogen (secondary N) is 3. The molecule has 0 unspecified atom stereocenters. The van der Waals surface area contributed by atoms with E-state index in [1.165, 1.54) is 6.26 Å². The van der Waals surface area contributed by atoms with Gasteiger partial charge in [-0.1, -0.05) is 0 Å². The lowest BCUT2D eigenvalue weighted by molar-refractivity contribution is 0.0985. The predicted octanol–water partition coefficient (Wildman–Crippen LogP) is 3.20. The van der Waals surface area contributed by atoms with Gasteiger partial charge in [0, 0.05) is 43.1 Å². The fourth-order valence-corrected chi connectivity index (χ4v) is 4.15. The van der Waals surface area contributed by atoms with Crippen LogP contribution in [0.25, 0.3) is 22.3 Å². The number of hydrogen-bond donors (Lipinski definition) is 3. The summed E-state index contributed by atoms with van der Waals surface area (Å²) in [5.41, 5.74) is 2.23. The molecule has 166 valence electrons. The number of anilines is 2. The molecule has 3 aromatic rings. The first-order valence-corrected chi connectivity index (χ1v) is 12.2. The Bertz CT molecular complexity index is 1220. The van der Waals surface area contributed by atoms with Crippen LogP contribution in [-0.4, -0.2) is 63.2 Å². The average Bonchev–Trinajstić information content (AvgIpc) is 3.16. The number of hydrogen-bond acceptors (Lipinski definition) is 8. The molecule has 1 saturated heterocycles. The third-order valence-corrected chi connectivity index (χ3v) is 8.18. The van der Waals surface area contributed by atoms with E-state index in [4.69, 9.17) is 19.5 Å². The molecule has 0 aromatic carbocycles. The molecule has 2 atom stereocenters. The van der Waals surface area contributed by atoms with Crippen molar-refractivity contribution in [2.24, 2.45) is 0 Å². The molecule has 9 nitrogen and oxygen atoms in total. The Kier molecular flexibility index (Phi) is 5.38. The van der Waals surface area contributed by atoms with Gasteiger partial charge < -0.3 is 19.9 Å². The SMILES string of the molecule is CNc1cc2c(-c3nc(N4CCOC[C@H]4C)cc(C(C)(C)[S@](C)(=N)=O)n3)cncc2[nH]1. The average molecular weight is 444 g/mol. The molecule has 3 aromatic heterocycles. The molecule has 4 rings (SSSR count). The van der Waals surface area contributed by atoms with Crippen LogP contribution in [0.3, 0.4) is 0 Å². The normalized spacial score (nSPS) is 19.4. The van der Waals surface area contributed by atoms with E-state index in [1.807, 2.05) is 19.2 Å². The first kappa shape index (κ1) is 21.5. The highest BCUT2D eigenvalue weighted by atomic mass is 32.2. The summed E-state index contributed by atoms with van der Waals surface area (Å²) in [5, 5.41) is 4.05. The van der Waals surface area contributed by atoms with E-state index in [9.17, 15) is 4.21 Å². The Morgan fingerprint density at radius 3 is 2.77 bits per heavy atom. The maximum Gasteiger partial charge on any atom is 0.164 e.